The highest BCUT2D eigenvalue weighted by Gasteiger charge is 2.31. The lowest BCUT2D eigenvalue weighted by atomic mass is 10.0. The van der Waals surface area contributed by atoms with Crippen molar-refractivity contribution in [1.29, 1.82) is 0 Å². The Morgan fingerprint density at radius 1 is 1.00 bits per heavy atom. The molecule has 0 bridgehead atoms. The quantitative estimate of drug-likeness (QED) is 0.916. The van der Waals surface area contributed by atoms with Crippen LogP contribution in [-0.2, 0) is 12.8 Å². The Morgan fingerprint density at radius 2 is 1.62 bits per heavy atom. The van der Waals surface area contributed by atoms with Crippen LogP contribution in [-0.4, -0.2) is 40.0 Å². The van der Waals surface area contributed by atoms with Crippen molar-refractivity contribution in [3.05, 3.63) is 59.4 Å². The van der Waals surface area contributed by atoms with Gasteiger partial charge in [0, 0.05) is 36.7 Å². The summed E-state index contributed by atoms with van der Waals surface area (Å²) in [6.07, 6.45) is 5.60. The number of hydrogen-bond acceptors (Lipinski definition) is 3. The van der Waals surface area contributed by atoms with Crippen LogP contribution in [0.1, 0.15) is 41.8 Å². The zero-order valence-corrected chi connectivity index (χ0v) is 15.2. The number of nitrogens with one attached hydrogen (secondary N) is 1. The largest absolute Gasteiger partial charge is 0.340 e. The summed E-state index contributed by atoms with van der Waals surface area (Å²) in [7, 11) is 0. The van der Waals surface area contributed by atoms with Crippen LogP contribution in [0.4, 0.5) is 10.5 Å². The summed E-state index contributed by atoms with van der Waals surface area (Å²) in [4.78, 5) is 29.6. The summed E-state index contributed by atoms with van der Waals surface area (Å²) >= 11 is 0. The molecule has 1 aliphatic heterocycles. The number of para-hydroxylation sites is 1. The molecule has 1 aromatic carbocycles. The molecule has 136 valence electrons. The van der Waals surface area contributed by atoms with Crippen molar-refractivity contribution in [2.75, 3.05) is 18.4 Å². The van der Waals surface area contributed by atoms with E-state index in [9.17, 15) is 9.59 Å². The van der Waals surface area contributed by atoms with Gasteiger partial charge in [-0.3, -0.25) is 9.78 Å². The normalized spacial score (nSPS) is 13.8. The third-order valence-corrected chi connectivity index (χ3v) is 4.66. The van der Waals surface area contributed by atoms with Gasteiger partial charge in [-0.05, 0) is 42.5 Å². The fraction of sp³-hybridized carbons (Fsp3) is 0.350. The fourth-order valence-electron chi connectivity index (χ4n) is 3.25. The molecule has 6 heteroatoms. The highest BCUT2D eigenvalue weighted by Crippen LogP contribution is 2.24. The Balaban J connectivity index is 1.81. The number of hydrazine groups is 1. The smallest absolute Gasteiger partial charge is 0.306 e. The third-order valence-electron chi connectivity index (χ3n) is 4.66. The number of aryl methyl sites for hydroxylation is 2. The number of carbonyl (C=O) groups excluding carboxylic acids is 2. The van der Waals surface area contributed by atoms with Gasteiger partial charge in [-0.25, -0.2) is 14.8 Å². The Hall–Kier alpha value is -2.89. The highest BCUT2D eigenvalue weighted by molar-refractivity contribution is 5.97. The van der Waals surface area contributed by atoms with Crippen LogP contribution < -0.4 is 5.32 Å². The van der Waals surface area contributed by atoms with E-state index in [0.717, 1.165) is 36.1 Å². The van der Waals surface area contributed by atoms with E-state index in [4.69, 9.17) is 0 Å². The Labute approximate surface area is 153 Å². The highest BCUT2D eigenvalue weighted by atomic mass is 16.2. The number of benzene rings is 1. The monoisotopic (exact) mass is 352 g/mol. The number of rotatable bonds is 4. The minimum absolute atomic E-state index is 0.181. The van der Waals surface area contributed by atoms with Gasteiger partial charge in [-0.15, -0.1) is 0 Å². The van der Waals surface area contributed by atoms with Gasteiger partial charge in [-0.2, -0.15) is 0 Å². The van der Waals surface area contributed by atoms with Gasteiger partial charge < -0.3 is 5.32 Å². The molecule has 1 N–H and O–H groups in total. The maximum Gasteiger partial charge on any atom is 0.340 e. The standard InChI is InChI=1S/C20H24N4O2/c1-3-15-7-5-8-16(4-2)18(15)22-20(26)24-14-6-13-23(24)19(25)17-9-11-21-12-10-17/h5,7-12H,3-4,6,13-14H2,1-2H3,(H,22,26). The van der Waals surface area contributed by atoms with E-state index in [1.807, 2.05) is 18.2 Å². The molecule has 0 saturated carbocycles. The van der Waals surface area contributed by atoms with Crippen LogP contribution in [0.2, 0.25) is 0 Å². The minimum Gasteiger partial charge on any atom is -0.306 e. The minimum atomic E-state index is -0.263. The zero-order chi connectivity index (χ0) is 18.5. The fourth-order valence-corrected chi connectivity index (χ4v) is 3.25. The number of urea groups is 1. The summed E-state index contributed by atoms with van der Waals surface area (Å²) < 4.78 is 0. The number of pyridine rings is 1. The van der Waals surface area contributed by atoms with Gasteiger partial charge >= 0.3 is 6.03 Å². The average molecular weight is 352 g/mol. The Bertz CT molecular complexity index is 769. The number of hydrogen-bond donors (Lipinski definition) is 1. The second-order valence-corrected chi connectivity index (χ2v) is 6.23. The third kappa shape index (κ3) is 3.54. The molecule has 3 amide bonds. The Kier molecular flexibility index (Phi) is 5.51. The summed E-state index contributed by atoms with van der Waals surface area (Å²) in [6.45, 7) is 5.20. The van der Waals surface area contributed by atoms with Gasteiger partial charge in [0.2, 0.25) is 0 Å². The molecular formula is C20H24N4O2. The lowest BCUT2D eigenvalue weighted by molar-refractivity contribution is 0.0404. The van der Waals surface area contributed by atoms with Gasteiger partial charge in [0.25, 0.3) is 5.91 Å². The molecule has 0 aliphatic carbocycles. The van der Waals surface area contributed by atoms with Crippen LogP contribution in [0.3, 0.4) is 0 Å². The van der Waals surface area contributed by atoms with E-state index < -0.39 is 0 Å². The zero-order valence-electron chi connectivity index (χ0n) is 15.2. The predicted molar refractivity (Wildman–Crippen MR) is 101 cm³/mol. The SMILES string of the molecule is CCc1cccc(CC)c1NC(=O)N1CCCN1C(=O)c1ccncc1. The van der Waals surface area contributed by atoms with E-state index in [1.54, 1.807) is 24.5 Å². The number of nitrogens with zero attached hydrogens (tertiary/aromatic N) is 3. The first-order chi connectivity index (χ1) is 12.7. The van der Waals surface area contributed by atoms with Crippen molar-refractivity contribution in [1.82, 2.24) is 15.0 Å². The topological polar surface area (TPSA) is 65.5 Å². The van der Waals surface area contributed by atoms with Gasteiger partial charge in [0.1, 0.15) is 0 Å². The van der Waals surface area contributed by atoms with Crippen LogP contribution >= 0.6 is 0 Å². The first kappa shape index (κ1) is 17.9. The lowest BCUT2D eigenvalue weighted by Gasteiger charge is -2.28. The first-order valence-corrected chi connectivity index (χ1v) is 9.06. The second kappa shape index (κ2) is 7.99. The molecule has 1 aromatic heterocycles. The molecular weight excluding hydrogens is 328 g/mol. The van der Waals surface area contributed by atoms with Crippen molar-refractivity contribution >= 4 is 17.6 Å². The summed E-state index contributed by atoms with van der Waals surface area (Å²) in [5, 5.41) is 6.07. The van der Waals surface area contributed by atoms with E-state index in [2.05, 4.69) is 24.1 Å². The number of amides is 3. The molecule has 0 radical (unpaired) electrons. The maximum absolute atomic E-state index is 12.9. The Morgan fingerprint density at radius 3 is 2.23 bits per heavy atom. The molecule has 1 fully saturated rings. The van der Waals surface area contributed by atoms with Gasteiger partial charge in [0.15, 0.2) is 0 Å². The lowest BCUT2D eigenvalue weighted by Crippen LogP contribution is -2.46. The van der Waals surface area contributed by atoms with E-state index in [-0.39, 0.29) is 11.9 Å². The van der Waals surface area contributed by atoms with Crippen molar-refractivity contribution < 1.29 is 9.59 Å². The summed E-state index contributed by atoms with van der Waals surface area (Å²) in [6, 6.07) is 9.14. The van der Waals surface area contributed by atoms with E-state index in [1.165, 1.54) is 10.0 Å². The predicted octanol–water partition coefficient (Wildman–Crippen LogP) is 3.50. The van der Waals surface area contributed by atoms with Crippen molar-refractivity contribution in [3.63, 3.8) is 0 Å². The van der Waals surface area contributed by atoms with Gasteiger partial charge in [-0.1, -0.05) is 32.0 Å². The molecule has 6 nitrogen and oxygen atoms in total. The number of anilines is 1. The number of aromatic nitrogens is 1. The van der Waals surface area contributed by atoms with Crippen LogP contribution in [0.25, 0.3) is 0 Å². The molecule has 2 aromatic rings. The molecule has 0 spiro atoms. The molecule has 2 heterocycles. The van der Waals surface area contributed by atoms with Crippen molar-refractivity contribution in [2.45, 2.75) is 33.1 Å². The van der Waals surface area contributed by atoms with E-state index >= 15 is 0 Å². The second-order valence-electron chi connectivity index (χ2n) is 6.23. The number of carbonyl (C=O) groups is 2. The maximum atomic E-state index is 12.9. The molecule has 1 aliphatic rings. The molecule has 3 rings (SSSR count). The average Bonchev–Trinajstić information content (AvgIpc) is 3.18. The first-order valence-electron chi connectivity index (χ1n) is 9.06. The van der Waals surface area contributed by atoms with Crippen LogP contribution in [0.5, 0.6) is 0 Å². The molecule has 0 atom stereocenters. The summed E-state index contributed by atoms with van der Waals surface area (Å²) in [5.41, 5.74) is 3.60. The van der Waals surface area contributed by atoms with Crippen molar-refractivity contribution in [2.24, 2.45) is 0 Å². The molecule has 26 heavy (non-hydrogen) atoms. The van der Waals surface area contributed by atoms with Crippen LogP contribution in [0.15, 0.2) is 42.7 Å². The van der Waals surface area contributed by atoms with Crippen LogP contribution in [0, 0.1) is 0 Å². The molecule has 0 unspecified atom stereocenters. The van der Waals surface area contributed by atoms with Crippen molar-refractivity contribution in [3.8, 4) is 0 Å². The summed E-state index contributed by atoms with van der Waals surface area (Å²) in [5.74, 6) is -0.181. The molecule has 1 saturated heterocycles. The van der Waals surface area contributed by atoms with Gasteiger partial charge in [0.05, 0.1) is 0 Å². The van der Waals surface area contributed by atoms with E-state index in [0.29, 0.717) is 18.7 Å².